The molecule has 1 N–H and O–H groups in total. The normalized spacial score (nSPS) is 14.9. The van der Waals surface area contributed by atoms with Crippen molar-refractivity contribution < 1.29 is 9.90 Å². The molecule has 0 amide bonds. The minimum atomic E-state index is -0.942. The van der Waals surface area contributed by atoms with E-state index >= 15 is 0 Å². The summed E-state index contributed by atoms with van der Waals surface area (Å²) in [4.78, 5) is 15.5. The van der Waals surface area contributed by atoms with E-state index < -0.39 is 5.97 Å². The Bertz CT molecular complexity index is 1370. The molecular weight excluding hydrogens is 426 g/mol. The monoisotopic (exact) mass is 451 g/mol. The second kappa shape index (κ2) is 9.16. The Hall–Kier alpha value is -3.50. The van der Waals surface area contributed by atoms with E-state index in [4.69, 9.17) is 5.11 Å². The molecule has 4 heteroatoms. The van der Waals surface area contributed by atoms with Crippen molar-refractivity contribution >= 4 is 44.7 Å². The van der Waals surface area contributed by atoms with Gasteiger partial charge in [0.1, 0.15) is 0 Å². The van der Waals surface area contributed by atoms with Gasteiger partial charge in [0.05, 0.1) is 15.7 Å². The average Bonchev–Trinajstić information content (AvgIpc) is 3.25. The van der Waals surface area contributed by atoms with Crippen LogP contribution in [0, 0.1) is 12.8 Å². The van der Waals surface area contributed by atoms with Crippen LogP contribution in [0.2, 0.25) is 0 Å². The standard InChI is InChI=1S/C29H25NO2S/c1-19-5-2-3-8-24(19)29(21-6-4-7-21)28(23-14-15-26-25(17-23)30-18-33-26)22-12-9-20(10-13-22)11-16-27(31)32/h2-3,5,8-18,21H,4,6-7H2,1H3,(H,31,32)/b16-11+,29-28+. The summed E-state index contributed by atoms with van der Waals surface area (Å²) in [5, 5.41) is 8.96. The van der Waals surface area contributed by atoms with Gasteiger partial charge in [-0.3, -0.25) is 0 Å². The summed E-state index contributed by atoms with van der Waals surface area (Å²) < 4.78 is 1.19. The zero-order chi connectivity index (χ0) is 22.8. The predicted molar refractivity (Wildman–Crippen MR) is 137 cm³/mol. The smallest absolute Gasteiger partial charge is 0.328 e. The quantitative estimate of drug-likeness (QED) is 0.244. The van der Waals surface area contributed by atoms with E-state index in [-0.39, 0.29) is 0 Å². The number of hydrogen-bond acceptors (Lipinski definition) is 3. The maximum absolute atomic E-state index is 10.9. The van der Waals surface area contributed by atoms with Gasteiger partial charge in [-0.25, -0.2) is 9.78 Å². The van der Waals surface area contributed by atoms with Gasteiger partial charge in [-0.15, -0.1) is 11.3 Å². The van der Waals surface area contributed by atoms with Crippen molar-refractivity contribution in [3.05, 3.63) is 106 Å². The number of carboxylic acid groups (broad SMARTS) is 1. The van der Waals surface area contributed by atoms with Gasteiger partial charge in [0, 0.05) is 6.08 Å². The number of hydrogen-bond donors (Lipinski definition) is 1. The lowest BCUT2D eigenvalue weighted by molar-refractivity contribution is -0.131. The summed E-state index contributed by atoms with van der Waals surface area (Å²) in [6, 6.07) is 23.5. The number of aromatic nitrogens is 1. The summed E-state index contributed by atoms with van der Waals surface area (Å²) in [6.45, 7) is 2.19. The summed E-state index contributed by atoms with van der Waals surface area (Å²) in [7, 11) is 0. The van der Waals surface area contributed by atoms with Crippen LogP contribution in [-0.4, -0.2) is 16.1 Å². The van der Waals surface area contributed by atoms with E-state index in [2.05, 4.69) is 66.5 Å². The van der Waals surface area contributed by atoms with E-state index in [0.717, 1.165) is 16.6 Å². The van der Waals surface area contributed by atoms with Gasteiger partial charge in [0.15, 0.2) is 0 Å². The number of thiazole rings is 1. The molecule has 1 saturated carbocycles. The minimum absolute atomic E-state index is 0.527. The molecule has 1 heterocycles. The third-order valence-corrected chi connectivity index (χ3v) is 7.26. The second-order valence-corrected chi connectivity index (χ2v) is 9.45. The summed E-state index contributed by atoms with van der Waals surface area (Å²) in [6.07, 6.45) is 6.47. The number of fused-ring (bicyclic) bond motifs is 1. The van der Waals surface area contributed by atoms with E-state index in [1.54, 1.807) is 17.4 Å². The van der Waals surface area contributed by atoms with Gasteiger partial charge in [0.2, 0.25) is 0 Å². The molecule has 33 heavy (non-hydrogen) atoms. The molecule has 3 nitrogen and oxygen atoms in total. The van der Waals surface area contributed by atoms with Crippen LogP contribution in [0.1, 0.15) is 47.1 Å². The van der Waals surface area contributed by atoms with Crippen LogP contribution in [0.3, 0.4) is 0 Å². The molecule has 0 unspecified atom stereocenters. The molecule has 0 saturated heterocycles. The summed E-state index contributed by atoms with van der Waals surface area (Å²) >= 11 is 1.66. The van der Waals surface area contributed by atoms with Crippen molar-refractivity contribution in [2.24, 2.45) is 5.92 Å². The van der Waals surface area contributed by atoms with E-state index in [1.165, 1.54) is 57.9 Å². The van der Waals surface area contributed by atoms with Crippen LogP contribution in [0.15, 0.2) is 78.3 Å². The molecule has 1 aliphatic carbocycles. The van der Waals surface area contributed by atoms with Gasteiger partial charge in [-0.1, -0.05) is 61.0 Å². The van der Waals surface area contributed by atoms with Crippen LogP contribution in [0.5, 0.6) is 0 Å². The number of aryl methyl sites for hydroxylation is 1. The lowest BCUT2D eigenvalue weighted by atomic mass is 9.72. The highest BCUT2D eigenvalue weighted by atomic mass is 32.1. The fourth-order valence-corrected chi connectivity index (χ4v) is 5.21. The maximum atomic E-state index is 10.9. The second-order valence-electron chi connectivity index (χ2n) is 8.56. The van der Waals surface area contributed by atoms with Crippen LogP contribution >= 0.6 is 11.3 Å². The summed E-state index contributed by atoms with van der Waals surface area (Å²) in [5.74, 6) is -0.415. The molecule has 1 aromatic heterocycles. The van der Waals surface area contributed by atoms with Crippen molar-refractivity contribution in [1.29, 1.82) is 0 Å². The Morgan fingerprint density at radius 2 is 1.79 bits per heavy atom. The first kappa shape index (κ1) is 21.4. The average molecular weight is 452 g/mol. The molecule has 0 spiro atoms. The van der Waals surface area contributed by atoms with Crippen LogP contribution in [0.25, 0.3) is 27.4 Å². The molecule has 4 aromatic rings. The van der Waals surface area contributed by atoms with Gasteiger partial charge in [-0.2, -0.15) is 0 Å². The van der Waals surface area contributed by atoms with E-state index in [1.807, 2.05) is 17.6 Å². The number of rotatable bonds is 6. The molecule has 0 bridgehead atoms. The van der Waals surface area contributed by atoms with Crippen molar-refractivity contribution in [1.82, 2.24) is 4.98 Å². The minimum Gasteiger partial charge on any atom is -0.478 e. The maximum Gasteiger partial charge on any atom is 0.328 e. The van der Waals surface area contributed by atoms with Crippen molar-refractivity contribution in [2.45, 2.75) is 26.2 Å². The number of nitrogens with zero attached hydrogens (tertiary/aromatic N) is 1. The number of aliphatic carboxylic acids is 1. The highest BCUT2D eigenvalue weighted by Crippen LogP contribution is 2.46. The molecule has 164 valence electrons. The highest BCUT2D eigenvalue weighted by Gasteiger charge is 2.28. The largest absolute Gasteiger partial charge is 0.478 e. The Morgan fingerprint density at radius 3 is 2.48 bits per heavy atom. The van der Waals surface area contributed by atoms with Crippen LogP contribution in [-0.2, 0) is 4.79 Å². The van der Waals surface area contributed by atoms with Crippen molar-refractivity contribution in [3.8, 4) is 0 Å². The topological polar surface area (TPSA) is 50.2 Å². The third-order valence-electron chi connectivity index (χ3n) is 6.45. The number of benzene rings is 3. The predicted octanol–water partition coefficient (Wildman–Crippen LogP) is 7.46. The zero-order valence-corrected chi connectivity index (χ0v) is 19.3. The highest BCUT2D eigenvalue weighted by molar-refractivity contribution is 7.16. The fraction of sp³-hybridized carbons (Fsp3) is 0.172. The molecule has 5 rings (SSSR count). The SMILES string of the molecule is Cc1ccccc1/C(=C(\c1ccc(/C=C/C(=O)O)cc1)c1ccc2scnc2c1)C1CCC1. The van der Waals surface area contributed by atoms with E-state index in [9.17, 15) is 4.79 Å². The lowest BCUT2D eigenvalue weighted by Crippen LogP contribution is -2.15. The number of allylic oxidation sites excluding steroid dienone is 1. The van der Waals surface area contributed by atoms with Gasteiger partial charge < -0.3 is 5.11 Å². The van der Waals surface area contributed by atoms with Crippen LogP contribution in [0.4, 0.5) is 0 Å². The molecule has 0 radical (unpaired) electrons. The Balaban J connectivity index is 1.74. The van der Waals surface area contributed by atoms with E-state index in [0.29, 0.717) is 5.92 Å². The first-order chi connectivity index (χ1) is 16.1. The summed E-state index contributed by atoms with van der Waals surface area (Å²) in [5.41, 5.74) is 11.4. The number of carbonyl (C=O) groups is 1. The molecule has 0 atom stereocenters. The van der Waals surface area contributed by atoms with Gasteiger partial charge in [-0.05, 0) is 82.9 Å². The van der Waals surface area contributed by atoms with Gasteiger partial charge in [0.25, 0.3) is 0 Å². The van der Waals surface area contributed by atoms with Crippen molar-refractivity contribution in [3.63, 3.8) is 0 Å². The molecule has 1 aliphatic rings. The number of carboxylic acids is 1. The Labute approximate surface area is 197 Å². The molecule has 1 fully saturated rings. The van der Waals surface area contributed by atoms with Gasteiger partial charge >= 0.3 is 5.97 Å². The first-order valence-electron chi connectivity index (χ1n) is 11.3. The molecule has 3 aromatic carbocycles. The Kier molecular flexibility index (Phi) is 5.93. The van der Waals surface area contributed by atoms with Crippen LogP contribution < -0.4 is 0 Å². The first-order valence-corrected chi connectivity index (χ1v) is 12.1. The Morgan fingerprint density at radius 1 is 1.03 bits per heavy atom. The fourth-order valence-electron chi connectivity index (χ4n) is 4.55. The third kappa shape index (κ3) is 4.39. The zero-order valence-electron chi connectivity index (χ0n) is 18.5. The molecular formula is C29H25NO2S. The lowest BCUT2D eigenvalue weighted by Gasteiger charge is -2.32. The van der Waals surface area contributed by atoms with Crippen molar-refractivity contribution in [2.75, 3.05) is 0 Å². The molecule has 0 aliphatic heterocycles.